The number of nitrogens with one attached hydrogen (secondary N) is 2. The van der Waals surface area contributed by atoms with E-state index in [1.54, 1.807) is 7.05 Å². The molecule has 2 N–H and O–H groups in total. The molecule has 7 nitrogen and oxygen atoms in total. The molecule has 0 aliphatic rings. The third-order valence-corrected chi connectivity index (χ3v) is 4.52. The molecule has 0 saturated carbocycles. The highest BCUT2D eigenvalue weighted by Gasteiger charge is 2.14. The number of aliphatic imine (C=N–C) groups is 1. The summed E-state index contributed by atoms with van der Waals surface area (Å²) in [6.45, 7) is 6.93. The van der Waals surface area contributed by atoms with E-state index in [1.807, 2.05) is 19.9 Å². The van der Waals surface area contributed by atoms with Crippen LogP contribution in [0.3, 0.4) is 0 Å². The molecule has 2 aromatic carbocycles. The largest absolute Gasteiger partial charge is 0.371 e. The normalized spacial score (nSPS) is 13.6. The average Bonchev–Trinajstić information content (AvgIpc) is 3.20. The Bertz CT molecular complexity index is 943. The molecule has 0 bridgehead atoms. The third kappa shape index (κ3) is 6.14. The van der Waals surface area contributed by atoms with Gasteiger partial charge in [-0.1, -0.05) is 41.6 Å². The van der Waals surface area contributed by atoms with Crippen molar-refractivity contribution in [3.05, 3.63) is 59.7 Å². The van der Waals surface area contributed by atoms with Crippen LogP contribution < -0.4 is 10.6 Å². The summed E-state index contributed by atoms with van der Waals surface area (Å²) in [5, 5.41) is 13.0. The molecule has 3 rings (SSSR count). The number of benzene rings is 2. The molecular weight excluding hydrogens is 481 g/mol. The molecule has 0 fully saturated rings. The van der Waals surface area contributed by atoms with E-state index in [1.165, 1.54) is 16.3 Å². The smallest absolute Gasteiger partial charge is 0.246 e. The van der Waals surface area contributed by atoms with Crippen LogP contribution in [0.15, 0.2) is 52.0 Å². The fraction of sp³-hybridized carbons (Fsp3) is 0.381. The summed E-state index contributed by atoms with van der Waals surface area (Å²) in [6.07, 6.45) is -0.187. The number of halogens is 1. The summed E-state index contributed by atoms with van der Waals surface area (Å²) in [6, 6.07) is 14.9. The van der Waals surface area contributed by atoms with Crippen molar-refractivity contribution in [2.24, 2.45) is 4.99 Å². The Morgan fingerprint density at radius 1 is 1.17 bits per heavy atom. The number of rotatable bonds is 7. The van der Waals surface area contributed by atoms with Crippen molar-refractivity contribution in [3.63, 3.8) is 0 Å². The minimum Gasteiger partial charge on any atom is -0.371 e. The maximum Gasteiger partial charge on any atom is 0.246 e. The number of nitrogens with zero attached hydrogens (tertiary/aromatic N) is 3. The number of hydrogen-bond donors (Lipinski definition) is 2. The van der Waals surface area contributed by atoms with Gasteiger partial charge in [0.15, 0.2) is 11.8 Å². The van der Waals surface area contributed by atoms with Gasteiger partial charge < -0.3 is 19.9 Å². The second-order valence-electron chi connectivity index (χ2n) is 6.54. The molecule has 1 heterocycles. The second kappa shape index (κ2) is 11.1. The molecule has 1 aromatic heterocycles. The molecular formula is C21H28IN5O2. The van der Waals surface area contributed by atoms with E-state index >= 15 is 0 Å². The number of aromatic nitrogens is 2. The number of hydrogen-bond acceptors (Lipinski definition) is 5. The zero-order chi connectivity index (χ0) is 19.9. The first-order chi connectivity index (χ1) is 13.6. The van der Waals surface area contributed by atoms with Crippen molar-refractivity contribution >= 4 is 40.7 Å². The fourth-order valence-corrected chi connectivity index (χ4v) is 2.95. The van der Waals surface area contributed by atoms with Gasteiger partial charge in [0.05, 0.1) is 12.6 Å². The van der Waals surface area contributed by atoms with Gasteiger partial charge in [-0.3, -0.25) is 4.99 Å². The second-order valence-corrected chi connectivity index (χ2v) is 6.54. The van der Waals surface area contributed by atoms with Crippen LogP contribution in [0.5, 0.6) is 0 Å². The first kappa shape index (κ1) is 23.1. The van der Waals surface area contributed by atoms with Crippen LogP contribution in [0.1, 0.15) is 50.2 Å². The third-order valence-electron chi connectivity index (χ3n) is 4.52. The van der Waals surface area contributed by atoms with Gasteiger partial charge in [-0.05, 0) is 43.2 Å². The molecule has 0 radical (unpaired) electrons. The standard InChI is InChI=1S/C21H27N5O2.HI/c1-5-27-15(3)20-25-19(28-26-20)13-23-21(22-4)24-14(2)17-11-10-16-8-6-7-9-18(16)12-17;/h6-12,14-15H,5,13H2,1-4H3,(H2,22,23,24);1H. The minimum atomic E-state index is -0.187. The topological polar surface area (TPSA) is 84.6 Å². The monoisotopic (exact) mass is 509 g/mol. The van der Waals surface area contributed by atoms with Gasteiger partial charge >= 0.3 is 0 Å². The van der Waals surface area contributed by atoms with E-state index in [0.29, 0.717) is 30.8 Å². The first-order valence-corrected chi connectivity index (χ1v) is 9.50. The highest BCUT2D eigenvalue weighted by atomic mass is 127. The van der Waals surface area contributed by atoms with Gasteiger partial charge in [0.2, 0.25) is 5.89 Å². The Hall–Kier alpha value is -2.20. The Morgan fingerprint density at radius 2 is 1.93 bits per heavy atom. The summed E-state index contributed by atoms with van der Waals surface area (Å²) in [5.74, 6) is 1.70. The highest BCUT2D eigenvalue weighted by molar-refractivity contribution is 14.0. The maximum absolute atomic E-state index is 5.48. The molecule has 2 atom stereocenters. The van der Waals surface area contributed by atoms with Gasteiger partial charge in [0, 0.05) is 13.7 Å². The molecule has 156 valence electrons. The quantitative estimate of drug-likeness (QED) is 0.280. The van der Waals surface area contributed by atoms with Crippen LogP contribution in [0.2, 0.25) is 0 Å². The van der Waals surface area contributed by atoms with Crippen LogP contribution >= 0.6 is 24.0 Å². The Labute approximate surface area is 188 Å². The molecule has 0 aliphatic heterocycles. The van der Waals surface area contributed by atoms with E-state index in [2.05, 4.69) is 69.1 Å². The predicted octanol–water partition coefficient (Wildman–Crippen LogP) is 4.36. The fourth-order valence-electron chi connectivity index (χ4n) is 2.95. The summed E-state index contributed by atoms with van der Waals surface area (Å²) < 4.78 is 10.8. The number of ether oxygens (including phenoxy) is 1. The lowest BCUT2D eigenvalue weighted by atomic mass is 10.0. The number of fused-ring (bicyclic) bond motifs is 1. The SMILES string of the molecule is CCOC(C)c1noc(CNC(=NC)NC(C)c2ccc3ccccc3c2)n1.I. The maximum atomic E-state index is 5.48. The van der Waals surface area contributed by atoms with E-state index in [9.17, 15) is 0 Å². The van der Waals surface area contributed by atoms with Crippen molar-refractivity contribution in [2.45, 2.75) is 39.5 Å². The zero-order valence-electron chi connectivity index (χ0n) is 17.2. The molecule has 0 amide bonds. The van der Waals surface area contributed by atoms with E-state index in [4.69, 9.17) is 9.26 Å². The molecule has 0 saturated heterocycles. The van der Waals surface area contributed by atoms with Crippen molar-refractivity contribution in [1.82, 2.24) is 20.8 Å². The molecule has 0 spiro atoms. The first-order valence-electron chi connectivity index (χ1n) is 9.50. The highest BCUT2D eigenvalue weighted by Crippen LogP contribution is 2.20. The van der Waals surface area contributed by atoms with Gasteiger partial charge in [-0.15, -0.1) is 24.0 Å². The van der Waals surface area contributed by atoms with Crippen LogP contribution in [0.4, 0.5) is 0 Å². The summed E-state index contributed by atoms with van der Waals surface area (Å²) in [5.41, 5.74) is 1.19. The molecule has 29 heavy (non-hydrogen) atoms. The van der Waals surface area contributed by atoms with Crippen LogP contribution in [-0.4, -0.2) is 29.8 Å². The Morgan fingerprint density at radius 3 is 2.66 bits per heavy atom. The summed E-state index contributed by atoms with van der Waals surface area (Å²) in [7, 11) is 1.73. The lowest BCUT2D eigenvalue weighted by Gasteiger charge is -2.18. The summed E-state index contributed by atoms with van der Waals surface area (Å²) >= 11 is 0. The zero-order valence-corrected chi connectivity index (χ0v) is 19.5. The average molecular weight is 509 g/mol. The van der Waals surface area contributed by atoms with Crippen LogP contribution in [0.25, 0.3) is 10.8 Å². The van der Waals surface area contributed by atoms with E-state index < -0.39 is 0 Å². The lowest BCUT2D eigenvalue weighted by Crippen LogP contribution is -2.38. The van der Waals surface area contributed by atoms with E-state index in [0.717, 1.165) is 0 Å². The van der Waals surface area contributed by atoms with Crippen molar-refractivity contribution in [3.8, 4) is 0 Å². The Balaban J connectivity index is 0.00000300. The molecule has 2 unspecified atom stereocenters. The van der Waals surface area contributed by atoms with Crippen molar-refractivity contribution < 1.29 is 9.26 Å². The van der Waals surface area contributed by atoms with Gasteiger partial charge in [-0.2, -0.15) is 4.98 Å². The van der Waals surface area contributed by atoms with Crippen molar-refractivity contribution in [2.75, 3.05) is 13.7 Å². The lowest BCUT2D eigenvalue weighted by molar-refractivity contribution is 0.0683. The van der Waals surface area contributed by atoms with E-state index in [-0.39, 0.29) is 36.1 Å². The van der Waals surface area contributed by atoms with Gasteiger partial charge in [0.1, 0.15) is 6.10 Å². The minimum absolute atomic E-state index is 0. The summed E-state index contributed by atoms with van der Waals surface area (Å²) in [4.78, 5) is 8.64. The molecule has 0 aliphatic carbocycles. The van der Waals surface area contributed by atoms with Crippen molar-refractivity contribution in [1.29, 1.82) is 0 Å². The van der Waals surface area contributed by atoms with Crippen LogP contribution in [0, 0.1) is 0 Å². The molecule has 8 heteroatoms. The molecule has 3 aromatic rings. The van der Waals surface area contributed by atoms with Crippen LogP contribution in [-0.2, 0) is 11.3 Å². The Kier molecular flexibility index (Phi) is 8.84. The van der Waals surface area contributed by atoms with Gasteiger partial charge in [-0.25, -0.2) is 0 Å². The predicted molar refractivity (Wildman–Crippen MR) is 125 cm³/mol. The van der Waals surface area contributed by atoms with Gasteiger partial charge in [0.25, 0.3) is 0 Å². The number of guanidine groups is 1.